The van der Waals surface area contributed by atoms with Crippen LogP contribution in [0.5, 0.6) is 0 Å². The predicted molar refractivity (Wildman–Crippen MR) is 119 cm³/mol. The first-order valence-electron chi connectivity index (χ1n) is 9.39. The fraction of sp³-hybridized carbons (Fsp3) is 0.579. The van der Waals surface area contributed by atoms with E-state index in [0.29, 0.717) is 50.8 Å². The Kier molecular flexibility index (Phi) is 10.2. The van der Waals surface area contributed by atoms with Crippen LogP contribution in [0.1, 0.15) is 29.8 Å². The van der Waals surface area contributed by atoms with E-state index < -0.39 is 12.2 Å². The number of hydrogen-bond acceptors (Lipinski definition) is 3. The van der Waals surface area contributed by atoms with Gasteiger partial charge in [-0.05, 0) is 31.5 Å². The van der Waals surface area contributed by atoms with Crippen LogP contribution in [0.4, 0.5) is 13.2 Å². The SMILES string of the molecule is CCNC(=O)c1ccc(CNC(=NC)N2CCN(C(C)C(F)(F)F)CC2)cc1.I. The van der Waals surface area contributed by atoms with Crippen molar-refractivity contribution >= 4 is 35.8 Å². The van der Waals surface area contributed by atoms with Crippen molar-refractivity contribution in [2.45, 2.75) is 32.6 Å². The summed E-state index contributed by atoms with van der Waals surface area (Å²) in [7, 11) is 1.66. The summed E-state index contributed by atoms with van der Waals surface area (Å²) in [5, 5.41) is 5.99. The summed E-state index contributed by atoms with van der Waals surface area (Å²) in [5.41, 5.74) is 1.59. The number of aliphatic imine (C=N–C) groups is 1. The van der Waals surface area contributed by atoms with Crippen LogP contribution in [-0.2, 0) is 6.54 Å². The highest BCUT2D eigenvalue weighted by molar-refractivity contribution is 14.0. The number of amides is 1. The van der Waals surface area contributed by atoms with Gasteiger partial charge in [0.1, 0.15) is 6.04 Å². The van der Waals surface area contributed by atoms with Gasteiger partial charge in [0.05, 0.1) is 0 Å². The minimum Gasteiger partial charge on any atom is -0.352 e. The summed E-state index contributed by atoms with van der Waals surface area (Å²) in [6, 6.07) is 5.83. The monoisotopic (exact) mass is 527 g/mol. The number of halogens is 4. The number of carbonyl (C=O) groups is 1. The predicted octanol–water partition coefficient (Wildman–Crippen LogP) is 2.70. The van der Waals surface area contributed by atoms with E-state index in [1.54, 1.807) is 19.2 Å². The molecule has 1 aromatic carbocycles. The maximum absolute atomic E-state index is 12.9. The van der Waals surface area contributed by atoms with E-state index in [1.165, 1.54) is 11.8 Å². The number of alkyl halides is 3. The van der Waals surface area contributed by atoms with Crippen molar-refractivity contribution in [3.05, 3.63) is 35.4 Å². The highest BCUT2D eigenvalue weighted by Gasteiger charge is 2.41. The van der Waals surface area contributed by atoms with E-state index in [2.05, 4.69) is 15.6 Å². The summed E-state index contributed by atoms with van der Waals surface area (Å²) >= 11 is 0. The van der Waals surface area contributed by atoms with Crippen LogP contribution in [0.2, 0.25) is 0 Å². The number of piperazine rings is 1. The second-order valence-corrected chi connectivity index (χ2v) is 6.70. The van der Waals surface area contributed by atoms with Crippen LogP contribution in [0.3, 0.4) is 0 Å². The molecule has 29 heavy (non-hydrogen) atoms. The highest BCUT2D eigenvalue weighted by atomic mass is 127. The molecule has 1 aromatic rings. The molecule has 0 aromatic heterocycles. The van der Waals surface area contributed by atoms with Gasteiger partial charge in [-0.3, -0.25) is 14.7 Å². The van der Waals surface area contributed by atoms with Gasteiger partial charge in [-0.15, -0.1) is 24.0 Å². The molecular weight excluding hydrogens is 498 g/mol. The lowest BCUT2D eigenvalue weighted by molar-refractivity contribution is -0.181. The van der Waals surface area contributed by atoms with Crippen LogP contribution in [-0.4, -0.2) is 73.7 Å². The number of benzene rings is 1. The third-order valence-corrected chi connectivity index (χ3v) is 4.85. The van der Waals surface area contributed by atoms with E-state index in [-0.39, 0.29) is 29.9 Å². The minimum absolute atomic E-state index is 0. The lowest BCUT2D eigenvalue weighted by atomic mass is 10.1. The smallest absolute Gasteiger partial charge is 0.352 e. The zero-order valence-corrected chi connectivity index (χ0v) is 19.3. The molecule has 1 heterocycles. The maximum Gasteiger partial charge on any atom is 0.403 e. The first kappa shape index (κ1) is 25.5. The zero-order valence-electron chi connectivity index (χ0n) is 16.9. The molecule has 1 fully saturated rings. The number of nitrogens with one attached hydrogen (secondary N) is 2. The van der Waals surface area contributed by atoms with Crippen molar-refractivity contribution in [2.75, 3.05) is 39.8 Å². The average molecular weight is 527 g/mol. The maximum atomic E-state index is 12.9. The normalized spacial score (nSPS) is 16.8. The topological polar surface area (TPSA) is 60.0 Å². The van der Waals surface area contributed by atoms with E-state index in [1.807, 2.05) is 24.0 Å². The fourth-order valence-electron chi connectivity index (χ4n) is 3.08. The summed E-state index contributed by atoms with van der Waals surface area (Å²) in [5.74, 6) is 0.552. The van der Waals surface area contributed by atoms with E-state index >= 15 is 0 Å². The summed E-state index contributed by atoms with van der Waals surface area (Å²) in [6.07, 6.45) is -4.21. The van der Waals surface area contributed by atoms with Crippen molar-refractivity contribution < 1.29 is 18.0 Å². The number of carbonyl (C=O) groups excluding carboxylic acids is 1. The van der Waals surface area contributed by atoms with Gasteiger partial charge in [-0.25, -0.2) is 0 Å². The third-order valence-electron chi connectivity index (χ3n) is 4.85. The summed E-state index contributed by atoms with van der Waals surface area (Å²) in [4.78, 5) is 19.4. The Morgan fingerprint density at radius 2 is 1.72 bits per heavy atom. The molecule has 1 atom stereocenters. The van der Waals surface area contributed by atoms with Crippen LogP contribution < -0.4 is 10.6 Å². The molecule has 2 N–H and O–H groups in total. The molecule has 1 amide bonds. The summed E-state index contributed by atoms with van der Waals surface area (Å²) < 4.78 is 38.6. The minimum atomic E-state index is -4.21. The van der Waals surface area contributed by atoms with Crippen LogP contribution in [0, 0.1) is 0 Å². The molecule has 0 saturated carbocycles. The van der Waals surface area contributed by atoms with E-state index in [4.69, 9.17) is 0 Å². The Balaban J connectivity index is 0.00000420. The summed E-state index contributed by atoms with van der Waals surface area (Å²) in [6.45, 7) is 5.80. The molecular formula is C19H29F3IN5O. The van der Waals surface area contributed by atoms with Crippen molar-refractivity contribution in [2.24, 2.45) is 4.99 Å². The lowest BCUT2D eigenvalue weighted by Crippen LogP contribution is -2.56. The van der Waals surface area contributed by atoms with Crippen LogP contribution in [0.15, 0.2) is 29.3 Å². The van der Waals surface area contributed by atoms with Crippen LogP contribution in [0.25, 0.3) is 0 Å². The Bertz CT molecular complexity index is 673. The Labute approximate surface area is 186 Å². The van der Waals surface area contributed by atoms with Crippen molar-refractivity contribution in [1.82, 2.24) is 20.4 Å². The standard InChI is InChI=1S/C19H28F3N5O.HI/c1-4-24-17(28)16-7-5-15(6-8-16)13-25-18(23-3)27-11-9-26(10-12-27)14(2)19(20,21)22;/h5-8,14H,4,9-13H2,1-3H3,(H,23,25)(H,24,28);1H. The number of guanidine groups is 1. The number of rotatable bonds is 5. The largest absolute Gasteiger partial charge is 0.403 e. The molecule has 6 nitrogen and oxygen atoms in total. The molecule has 0 bridgehead atoms. The van der Waals surface area contributed by atoms with Crippen molar-refractivity contribution in [3.8, 4) is 0 Å². The van der Waals surface area contributed by atoms with Gasteiger partial charge in [0.25, 0.3) is 5.91 Å². The second-order valence-electron chi connectivity index (χ2n) is 6.70. The third kappa shape index (κ3) is 7.32. The molecule has 2 rings (SSSR count). The molecule has 1 aliphatic rings. The van der Waals surface area contributed by atoms with E-state index in [0.717, 1.165) is 5.56 Å². The Morgan fingerprint density at radius 3 is 2.21 bits per heavy atom. The molecule has 0 aliphatic carbocycles. The number of nitrogens with zero attached hydrogens (tertiary/aromatic N) is 3. The van der Waals surface area contributed by atoms with Gasteiger partial charge in [-0.2, -0.15) is 13.2 Å². The van der Waals surface area contributed by atoms with Crippen molar-refractivity contribution in [1.29, 1.82) is 0 Å². The van der Waals surface area contributed by atoms with E-state index in [9.17, 15) is 18.0 Å². The Hall–Kier alpha value is -1.56. The molecule has 10 heteroatoms. The molecule has 0 radical (unpaired) electrons. The molecule has 1 saturated heterocycles. The zero-order chi connectivity index (χ0) is 20.7. The first-order valence-corrected chi connectivity index (χ1v) is 9.39. The highest BCUT2D eigenvalue weighted by Crippen LogP contribution is 2.25. The van der Waals surface area contributed by atoms with Gasteiger partial charge in [0, 0.05) is 51.9 Å². The first-order chi connectivity index (χ1) is 13.3. The average Bonchev–Trinajstić information content (AvgIpc) is 2.68. The molecule has 164 valence electrons. The molecule has 1 unspecified atom stereocenters. The van der Waals surface area contributed by atoms with Gasteiger partial charge in [-0.1, -0.05) is 12.1 Å². The van der Waals surface area contributed by atoms with Crippen LogP contribution >= 0.6 is 24.0 Å². The fourth-order valence-corrected chi connectivity index (χ4v) is 3.08. The quantitative estimate of drug-likeness (QED) is 0.352. The lowest BCUT2D eigenvalue weighted by Gasteiger charge is -2.39. The second kappa shape index (κ2) is 11.6. The van der Waals surface area contributed by atoms with Gasteiger partial charge in [0.15, 0.2) is 5.96 Å². The Morgan fingerprint density at radius 1 is 1.14 bits per heavy atom. The molecule has 0 spiro atoms. The van der Waals surface area contributed by atoms with Crippen molar-refractivity contribution in [3.63, 3.8) is 0 Å². The van der Waals surface area contributed by atoms with Gasteiger partial charge in [0.2, 0.25) is 0 Å². The van der Waals surface area contributed by atoms with Gasteiger partial charge < -0.3 is 15.5 Å². The molecule has 1 aliphatic heterocycles. The van der Waals surface area contributed by atoms with Gasteiger partial charge >= 0.3 is 6.18 Å². The number of hydrogen-bond donors (Lipinski definition) is 2.